The summed E-state index contributed by atoms with van der Waals surface area (Å²) in [5.41, 5.74) is 8.06. The molecular weight excluding hydrogens is 480 g/mol. The minimum atomic E-state index is -1.10. The topological polar surface area (TPSA) is 119 Å². The molecule has 38 heavy (non-hydrogen) atoms. The number of likely N-dealkylation sites (tertiary alicyclic amines) is 1. The van der Waals surface area contributed by atoms with Crippen molar-refractivity contribution in [3.63, 3.8) is 0 Å². The van der Waals surface area contributed by atoms with E-state index in [-0.39, 0.29) is 29.4 Å². The highest BCUT2D eigenvalue weighted by Gasteiger charge is 2.35. The Kier molecular flexibility index (Phi) is 7.14. The van der Waals surface area contributed by atoms with E-state index < -0.39 is 5.60 Å². The smallest absolute Gasteiger partial charge is 0.281 e. The average Bonchev–Trinajstić information content (AvgIpc) is 3.27. The minimum Gasteiger partial charge on any atom is -0.388 e. The van der Waals surface area contributed by atoms with Gasteiger partial charge in [-0.05, 0) is 48.9 Å². The number of fused-ring (bicyclic) bond motifs is 1. The van der Waals surface area contributed by atoms with Gasteiger partial charge in [-0.1, -0.05) is 49.4 Å². The molecule has 9 heteroatoms. The number of benzene rings is 2. The van der Waals surface area contributed by atoms with Crippen molar-refractivity contribution >= 4 is 17.1 Å². The molecule has 3 N–H and O–H groups in total. The third-order valence-electron chi connectivity index (χ3n) is 7.59. The van der Waals surface area contributed by atoms with E-state index in [1.807, 2.05) is 71.0 Å². The van der Waals surface area contributed by atoms with Crippen LogP contribution in [0.2, 0.25) is 0 Å². The van der Waals surface area contributed by atoms with Crippen molar-refractivity contribution < 1.29 is 9.90 Å². The number of carbonyl (C=O) groups excluding carboxylic acids is 1. The van der Waals surface area contributed by atoms with Gasteiger partial charge in [-0.15, -0.1) is 0 Å². The van der Waals surface area contributed by atoms with Crippen molar-refractivity contribution in [3.05, 3.63) is 88.2 Å². The Balaban J connectivity index is 1.28. The molecule has 2 aromatic carbocycles. The van der Waals surface area contributed by atoms with Gasteiger partial charge in [0.15, 0.2) is 11.2 Å². The summed E-state index contributed by atoms with van der Waals surface area (Å²) in [5, 5.41) is 11.3. The van der Waals surface area contributed by atoms with Crippen molar-refractivity contribution in [2.24, 2.45) is 5.73 Å². The van der Waals surface area contributed by atoms with E-state index in [0.29, 0.717) is 50.4 Å². The van der Waals surface area contributed by atoms with Crippen molar-refractivity contribution in [2.45, 2.75) is 57.7 Å². The SMILES string of the molecule is Cc1nc2c(=O)n(CC3(O)CCN(C(=O)CC(C)c4ccccc4)CC3)cnc2n1-c1ccc(CN)cc1. The van der Waals surface area contributed by atoms with Gasteiger partial charge in [0.2, 0.25) is 5.91 Å². The molecular formula is C29H34N6O3. The van der Waals surface area contributed by atoms with E-state index in [2.05, 4.69) is 16.9 Å². The molecule has 1 unspecified atom stereocenters. The highest BCUT2D eigenvalue weighted by atomic mass is 16.3. The molecule has 198 valence electrons. The number of hydrogen-bond acceptors (Lipinski definition) is 6. The molecule has 0 bridgehead atoms. The fraction of sp³-hybridized carbons (Fsp3) is 0.379. The van der Waals surface area contributed by atoms with Crippen LogP contribution >= 0.6 is 0 Å². The molecule has 2 aromatic heterocycles. The molecule has 1 aliphatic rings. The van der Waals surface area contributed by atoms with Gasteiger partial charge in [0.25, 0.3) is 5.56 Å². The van der Waals surface area contributed by atoms with E-state index >= 15 is 0 Å². The van der Waals surface area contributed by atoms with Gasteiger partial charge in [-0.3, -0.25) is 18.7 Å². The zero-order valence-corrected chi connectivity index (χ0v) is 21.9. The lowest BCUT2D eigenvalue weighted by atomic mass is 9.90. The number of nitrogens with zero attached hydrogens (tertiary/aromatic N) is 5. The number of hydrogen-bond donors (Lipinski definition) is 2. The maximum atomic E-state index is 13.3. The summed E-state index contributed by atoms with van der Waals surface area (Å²) >= 11 is 0. The molecule has 0 saturated carbocycles. The Morgan fingerprint density at radius 1 is 1.11 bits per heavy atom. The van der Waals surface area contributed by atoms with Gasteiger partial charge < -0.3 is 15.7 Å². The summed E-state index contributed by atoms with van der Waals surface area (Å²) in [6.45, 7) is 5.35. The van der Waals surface area contributed by atoms with E-state index in [1.165, 1.54) is 10.9 Å². The fourth-order valence-corrected chi connectivity index (χ4v) is 5.24. The number of aryl methyl sites for hydroxylation is 1. The predicted molar refractivity (Wildman–Crippen MR) is 146 cm³/mol. The summed E-state index contributed by atoms with van der Waals surface area (Å²) in [5.74, 6) is 0.866. The zero-order chi connectivity index (χ0) is 26.9. The molecule has 0 radical (unpaired) electrons. The van der Waals surface area contributed by atoms with Crippen molar-refractivity contribution in [1.29, 1.82) is 0 Å². The largest absolute Gasteiger partial charge is 0.388 e. The lowest BCUT2D eigenvalue weighted by molar-refractivity contribution is -0.136. The first-order valence-electron chi connectivity index (χ1n) is 13.1. The first kappa shape index (κ1) is 25.8. The molecule has 1 atom stereocenters. The van der Waals surface area contributed by atoms with Gasteiger partial charge in [0.05, 0.1) is 12.1 Å². The van der Waals surface area contributed by atoms with Crippen molar-refractivity contribution in [2.75, 3.05) is 13.1 Å². The quantitative estimate of drug-likeness (QED) is 0.391. The molecule has 0 aliphatic carbocycles. The van der Waals surface area contributed by atoms with Gasteiger partial charge in [0, 0.05) is 31.7 Å². The van der Waals surface area contributed by atoms with Crippen molar-refractivity contribution in [1.82, 2.24) is 24.0 Å². The summed E-state index contributed by atoms with van der Waals surface area (Å²) in [7, 11) is 0. The monoisotopic (exact) mass is 514 g/mol. The predicted octanol–water partition coefficient (Wildman–Crippen LogP) is 2.90. The molecule has 1 amide bonds. The minimum absolute atomic E-state index is 0.0872. The average molecular weight is 515 g/mol. The number of imidazole rings is 1. The molecule has 1 saturated heterocycles. The number of nitrogens with two attached hydrogens (primary N) is 1. The number of aliphatic hydroxyl groups is 1. The third-order valence-corrected chi connectivity index (χ3v) is 7.59. The Labute approximate surface area is 221 Å². The standard InChI is InChI=1S/C29H34N6O3/c1-20(23-6-4-3-5-7-23)16-25(36)33-14-12-29(38,13-15-33)18-34-19-31-27-26(28(34)37)32-21(2)35(27)24-10-8-22(17-30)9-11-24/h3-11,19-20,38H,12-18,30H2,1-2H3. The maximum Gasteiger partial charge on any atom is 0.281 e. The van der Waals surface area contributed by atoms with Crippen LogP contribution in [0.1, 0.15) is 49.1 Å². The molecule has 1 fully saturated rings. The highest BCUT2D eigenvalue weighted by Crippen LogP contribution is 2.27. The zero-order valence-electron chi connectivity index (χ0n) is 21.9. The molecule has 3 heterocycles. The summed E-state index contributed by atoms with van der Waals surface area (Å²) in [6.07, 6.45) is 2.70. The van der Waals surface area contributed by atoms with Gasteiger partial charge in [0.1, 0.15) is 12.2 Å². The maximum absolute atomic E-state index is 13.3. The van der Waals surface area contributed by atoms with Crippen LogP contribution in [0.25, 0.3) is 16.9 Å². The first-order chi connectivity index (χ1) is 18.3. The van der Waals surface area contributed by atoms with Crippen LogP contribution in [-0.4, -0.2) is 53.7 Å². The molecule has 0 spiro atoms. The lowest BCUT2D eigenvalue weighted by Crippen LogP contribution is -2.49. The Morgan fingerprint density at radius 2 is 1.79 bits per heavy atom. The van der Waals surface area contributed by atoms with E-state index in [0.717, 1.165) is 16.8 Å². The number of amides is 1. The van der Waals surface area contributed by atoms with E-state index in [4.69, 9.17) is 5.73 Å². The number of rotatable bonds is 7. The Bertz CT molecular complexity index is 1480. The summed E-state index contributed by atoms with van der Waals surface area (Å²) in [6, 6.07) is 17.8. The highest BCUT2D eigenvalue weighted by molar-refractivity contribution is 5.77. The van der Waals surface area contributed by atoms with Gasteiger partial charge in [-0.25, -0.2) is 9.97 Å². The number of carbonyl (C=O) groups is 1. The Hall–Kier alpha value is -3.82. The van der Waals surface area contributed by atoms with E-state index in [1.54, 1.807) is 0 Å². The van der Waals surface area contributed by atoms with Crippen LogP contribution in [0.5, 0.6) is 0 Å². The van der Waals surface area contributed by atoms with Crippen molar-refractivity contribution in [3.8, 4) is 5.69 Å². The first-order valence-corrected chi connectivity index (χ1v) is 13.1. The van der Waals surface area contributed by atoms with Crippen LogP contribution in [0.15, 0.2) is 65.7 Å². The second kappa shape index (κ2) is 10.5. The molecule has 9 nitrogen and oxygen atoms in total. The Morgan fingerprint density at radius 3 is 2.45 bits per heavy atom. The third kappa shape index (κ3) is 5.12. The van der Waals surface area contributed by atoms with Gasteiger partial charge >= 0.3 is 0 Å². The van der Waals surface area contributed by atoms with E-state index in [9.17, 15) is 14.7 Å². The summed E-state index contributed by atoms with van der Waals surface area (Å²) in [4.78, 5) is 37.1. The second-order valence-electron chi connectivity index (χ2n) is 10.3. The van der Waals surface area contributed by atoms with Crippen LogP contribution in [0.3, 0.4) is 0 Å². The number of aromatic nitrogens is 4. The van der Waals surface area contributed by atoms with Crippen LogP contribution in [-0.2, 0) is 17.9 Å². The lowest BCUT2D eigenvalue weighted by Gasteiger charge is -2.38. The van der Waals surface area contributed by atoms with Crippen LogP contribution < -0.4 is 11.3 Å². The summed E-state index contributed by atoms with van der Waals surface area (Å²) < 4.78 is 3.28. The fourth-order valence-electron chi connectivity index (χ4n) is 5.24. The molecule has 1 aliphatic heterocycles. The molecule has 5 rings (SSSR count). The van der Waals surface area contributed by atoms with Crippen LogP contribution in [0.4, 0.5) is 0 Å². The second-order valence-corrected chi connectivity index (χ2v) is 10.3. The number of piperidine rings is 1. The normalized spacial score (nSPS) is 16.1. The van der Waals surface area contributed by atoms with Gasteiger partial charge in [-0.2, -0.15) is 0 Å². The molecule has 4 aromatic rings. The van der Waals surface area contributed by atoms with Crippen LogP contribution in [0, 0.1) is 6.92 Å².